The van der Waals surface area contributed by atoms with Crippen molar-refractivity contribution >= 4 is 12.2 Å². The van der Waals surface area contributed by atoms with E-state index < -0.39 is 41.8 Å². The summed E-state index contributed by atoms with van der Waals surface area (Å²) in [5, 5.41) is 0. The molecule has 0 fully saturated rings. The smallest absolute Gasteiger partial charge is 0.420 e. The van der Waals surface area contributed by atoms with Crippen LogP contribution in [0.4, 0.5) is 18.4 Å². The minimum atomic E-state index is -3.39. The standard InChI is InChI=1S/C19H31F2NO4/c1-9-11-12-13-19(20,21)14(10-2)22(15(23)25-17(3,4)5)16(24)26-18(6,7)8/h9-10,14H,1-2,11-13H2,3-8H3. The Balaban J connectivity index is 5.76. The van der Waals surface area contributed by atoms with Crippen molar-refractivity contribution in [1.82, 2.24) is 4.90 Å². The molecule has 0 aromatic heterocycles. The molecule has 0 aromatic carbocycles. The molecule has 0 saturated heterocycles. The summed E-state index contributed by atoms with van der Waals surface area (Å²) < 4.78 is 39.6. The Morgan fingerprint density at radius 2 is 1.42 bits per heavy atom. The molecule has 0 spiro atoms. The number of amides is 2. The molecule has 0 aliphatic carbocycles. The number of halogens is 2. The first kappa shape index (κ1) is 24.1. The Morgan fingerprint density at radius 1 is 1.00 bits per heavy atom. The highest BCUT2D eigenvalue weighted by Gasteiger charge is 2.48. The van der Waals surface area contributed by atoms with Gasteiger partial charge >= 0.3 is 12.2 Å². The molecule has 0 aromatic rings. The van der Waals surface area contributed by atoms with Crippen LogP contribution >= 0.6 is 0 Å². The van der Waals surface area contributed by atoms with Crippen LogP contribution in [-0.4, -0.2) is 40.3 Å². The fraction of sp³-hybridized carbons (Fsp3) is 0.684. The topological polar surface area (TPSA) is 55.8 Å². The third kappa shape index (κ3) is 8.45. The quantitative estimate of drug-likeness (QED) is 0.423. The number of alkyl halides is 2. The Morgan fingerprint density at radius 3 is 1.73 bits per heavy atom. The highest BCUT2D eigenvalue weighted by atomic mass is 19.3. The summed E-state index contributed by atoms with van der Waals surface area (Å²) in [5.74, 6) is -3.39. The molecule has 0 heterocycles. The van der Waals surface area contributed by atoms with Gasteiger partial charge in [-0.2, -0.15) is 4.90 Å². The Bertz CT molecular complexity index is 491. The van der Waals surface area contributed by atoms with E-state index in [9.17, 15) is 18.4 Å². The average Bonchev–Trinajstić information content (AvgIpc) is 2.40. The van der Waals surface area contributed by atoms with Gasteiger partial charge in [0.1, 0.15) is 17.2 Å². The lowest BCUT2D eigenvalue weighted by Gasteiger charge is -2.35. The third-order valence-corrected chi connectivity index (χ3v) is 3.03. The second kappa shape index (κ2) is 9.14. The van der Waals surface area contributed by atoms with E-state index in [1.54, 1.807) is 41.5 Å². The molecule has 0 saturated carbocycles. The first-order chi connectivity index (χ1) is 11.6. The highest BCUT2D eigenvalue weighted by molar-refractivity contribution is 5.89. The minimum Gasteiger partial charge on any atom is -0.443 e. The molecule has 0 rings (SSSR count). The highest BCUT2D eigenvalue weighted by Crippen LogP contribution is 2.32. The molecule has 7 heteroatoms. The predicted molar refractivity (Wildman–Crippen MR) is 97.3 cm³/mol. The molecule has 0 aliphatic rings. The van der Waals surface area contributed by atoms with Crippen LogP contribution in [0.5, 0.6) is 0 Å². The van der Waals surface area contributed by atoms with Crippen molar-refractivity contribution in [2.45, 2.75) is 84.0 Å². The van der Waals surface area contributed by atoms with Crippen LogP contribution in [0.25, 0.3) is 0 Å². The van der Waals surface area contributed by atoms with Crippen LogP contribution in [0.3, 0.4) is 0 Å². The fourth-order valence-electron chi connectivity index (χ4n) is 2.02. The number of imide groups is 1. The zero-order valence-electron chi connectivity index (χ0n) is 16.6. The number of carbonyl (C=O) groups excluding carboxylic acids is 2. The van der Waals surface area contributed by atoms with Gasteiger partial charge in [-0.05, 0) is 54.4 Å². The third-order valence-electron chi connectivity index (χ3n) is 3.03. The van der Waals surface area contributed by atoms with Crippen LogP contribution in [0, 0.1) is 0 Å². The Labute approximate surface area is 155 Å². The molecule has 0 radical (unpaired) electrons. The monoisotopic (exact) mass is 375 g/mol. The maximum atomic E-state index is 14.7. The Kier molecular flexibility index (Phi) is 8.47. The lowest BCUT2D eigenvalue weighted by molar-refractivity contribution is -0.0774. The van der Waals surface area contributed by atoms with Gasteiger partial charge in [-0.3, -0.25) is 0 Å². The average molecular weight is 375 g/mol. The lowest BCUT2D eigenvalue weighted by atomic mass is 10.0. The molecule has 2 amide bonds. The molecular formula is C19H31F2NO4. The van der Waals surface area contributed by atoms with Crippen molar-refractivity contribution in [3.8, 4) is 0 Å². The number of ether oxygens (including phenoxy) is 2. The number of nitrogens with zero attached hydrogens (tertiary/aromatic N) is 1. The number of hydrogen-bond acceptors (Lipinski definition) is 4. The Hall–Kier alpha value is -1.92. The summed E-state index contributed by atoms with van der Waals surface area (Å²) in [7, 11) is 0. The van der Waals surface area contributed by atoms with E-state index >= 15 is 0 Å². The minimum absolute atomic E-state index is 0.150. The van der Waals surface area contributed by atoms with Crippen LogP contribution in [-0.2, 0) is 9.47 Å². The number of hydrogen-bond donors (Lipinski definition) is 0. The van der Waals surface area contributed by atoms with Crippen molar-refractivity contribution < 1.29 is 27.8 Å². The van der Waals surface area contributed by atoms with Gasteiger partial charge in [0.05, 0.1) is 0 Å². The molecular weight excluding hydrogens is 344 g/mol. The summed E-state index contributed by atoms with van der Waals surface area (Å²) >= 11 is 0. The second-order valence-electron chi connectivity index (χ2n) is 7.95. The normalized spacial score (nSPS) is 13.5. The largest absolute Gasteiger partial charge is 0.443 e. The number of rotatable bonds is 7. The van der Waals surface area contributed by atoms with E-state index in [2.05, 4.69) is 13.2 Å². The first-order valence-corrected chi connectivity index (χ1v) is 8.51. The van der Waals surface area contributed by atoms with Gasteiger partial charge in [-0.15, -0.1) is 13.2 Å². The molecule has 1 atom stereocenters. The maximum absolute atomic E-state index is 14.7. The summed E-state index contributed by atoms with van der Waals surface area (Å²) in [4.78, 5) is 25.2. The van der Waals surface area contributed by atoms with E-state index in [0.29, 0.717) is 11.3 Å². The van der Waals surface area contributed by atoms with Crippen molar-refractivity contribution in [3.05, 3.63) is 25.3 Å². The molecule has 26 heavy (non-hydrogen) atoms. The van der Waals surface area contributed by atoms with E-state index in [1.165, 1.54) is 6.08 Å². The van der Waals surface area contributed by atoms with Gasteiger partial charge in [0.2, 0.25) is 0 Å². The first-order valence-electron chi connectivity index (χ1n) is 8.51. The van der Waals surface area contributed by atoms with Crippen molar-refractivity contribution in [3.63, 3.8) is 0 Å². The molecule has 150 valence electrons. The van der Waals surface area contributed by atoms with Gasteiger partial charge in [0.25, 0.3) is 5.92 Å². The van der Waals surface area contributed by atoms with E-state index in [4.69, 9.17) is 9.47 Å². The van der Waals surface area contributed by atoms with Gasteiger partial charge in [0.15, 0.2) is 0 Å². The lowest BCUT2D eigenvalue weighted by Crippen LogP contribution is -2.54. The van der Waals surface area contributed by atoms with Crippen LogP contribution in [0.2, 0.25) is 0 Å². The number of carbonyl (C=O) groups is 2. The van der Waals surface area contributed by atoms with Gasteiger partial charge in [-0.1, -0.05) is 12.2 Å². The van der Waals surface area contributed by atoms with Crippen LogP contribution in [0.1, 0.15) is 60.8 Å². The molecule has 0 aliphatic heterocycles. The molecule has 0 N–H and O–H groups in total. The zero-order valence-corrected chi connectivity index (χ0v) is 16.6. The van der Waals surface area contributed by atoms with Crippen LogP contribution in [0.15, 0.2) is 25.3 Å². The van der Waals surface area contributed by atoms with Crippen molar-refractivity contribution in [1.29, 1.82) is 0 Å². The predicted octanol–water partition coefficient (Wildman–Crippen LogP) is 5.70. The summed E-state index contributed by atoms with van der Waals surface area (Å²) in [6, 6.07) is -1.89. The van der Waals surface area contributed by atoms with E-state index in [1.807, 2.05) is 0 Å². The summed E-state index contributed by atoms with van der Waals surface area (Å²) in [6.45, 7) is 16.3. The molecule has 0 bridgehead atoms. The summed E-state index contributed by atoms with van der Waals surface area (Å²) in [6.07, 6.45) is -0.0339. The van der Waals surface area contributed by atoms with Crippen molar-refractivity contribution in [2.75, 3.05) is 0 Å². The van der Waals surface area contributed by atoms with Gasteiger partial charge < -0.3 is 9.47 Å². The molecule has 1 unspecified atom stereocenters. The van der Waals surface area contributed by atoms with E-state index in [-0.39, 0.29) is 6.42 Å². The molecule has 5 nitrogen and oxygen atoms in total. The fourth-order valence-corrected chi connectivity index (χ4v) is 2.02. The van der Waals surface area contributed by atoms with Crippen molar-refractivity contribution in [2.24, 2.45) is 0 Å². The number of unbranched alkanes of at least 4 members (excludes halogenated alkanes) is 1. The zero-order chi connectivity index (χ0) is 20.8. The maximum Gasteiger partial charge on any atom is 0.420 e. The summed E-state index contributed by atoms with van der Waals surface area (Å²) in [5.41, 5.74) is -1.94. The van der Waals surface area contributed by atoms with Crippen LogP contribution < -0.4 is 0 Å². The van der Waals surface area contributed by atoms with Gasteiger partial charge in [0, 0.05) is 6.42 Å². The van der Waals surface area contributed by atoms with Gasteiger partial charge in [-0.25, -0.2) is 18.4 Å². The van der Waals surface area contributed by atoms with E-state index in [0.717, 1.165) is 6.08 Å². The SMILES string of the molecule is C=CCCCC(F)(F)C(C=C)N(C(=O)OC(C)(C)C)C(=O)OC(C)(C)C. The second-order valence-corrected chi connectivity index (χ2v) is 7.95. The number of allylic oxidation sites excluding steroid dienone is 1.